The standard InChI is InChI=1S/C14H20N4O/c1-13(2,15)12-9-18(17-16-12)10-14(3,19)11-7-5-4-6-8-11/h4-9,19H,10,15H2,1-3H3. The Kier molecular flexibility index (Phi) is 3.43. The van der Waals surface area contributed by atoms with E-state index in [9.17, 15) is 5.11 Å². The quantitative estimate of drug-likeness (QED) is 0.870. The molecule has 0 amide bonds. The van der Waals surface area contributed by atoms with Crippen molar-refractivity contribution in [3.8, 4) is 0 Å². The molecule has 2 aromatic rings. The summed E-state index contributed by atoms with van der Waals surface area (Å²) in [5.41, 5.74) is 5.99. The van der Waals surface area contributed by atoms with Crippen LogP contribution in [0.5, 0.6) is 0 Å². The maximum absolute atomic E-state index is 10.5. The van der Waals surface area contributed by atoms with Gasteiger partial charge in [0.15, 0.2) is 0 Å². The fraction of sp³-hybridized carbons (Fsp3) is 0.429. The van der Waals surface area contributed by atoms with Crippen molar-refractivity contribution < 1.29 is 5.11 Å². The molecule has 0 bridgehead atoms. The van der Waals surface area contributed by atoms with Crippen LogP contribution in [0.1, 0.15) is 32.0 Å². The first kappa shape index (κ1) is 13.7. The summed E-state index contributed by atoms with van der Waals surface area (Å²) in [6, 6.07) is 9.51. The van der Waals surface area contributed by atoms with Crippen LogP contribution in [-0.2, 0) is 17.7 Å². The van der Waals surface area contributed by atoms with Gasteiger partial charge >= 0.3 is 0 Å². The van der Waals surface area contributed by atoms with Crippen LogP contribution in [0.15, 0.2) is 36.5 Å². The van der Waals surface area contributed by atoms with Gasteiger partial charge in [0.2, 0.25) is 0 Å². The van der Waals surface area contributed by atoms with Gasteiger partial charge in [-0.25, -0.2) is 4.68 Å². The highest BCUT2D eigenvalue weighted by Crippen LogP contribution is 2.22. The number of aliphatic hydroxyl groups is 1. The first-order valence-electron chi connectivity index (χ1n) is 6.26. The zero-order valence-electron chi connectivity index (χ0n) is 11.5. The molecule has 0 aliphatic rings. The van der Waals surface area contributed by atoms with Crippen LogP contribution in [0.3, 0.4) is 0 Å². The molecule has 2 rings (SSSR count). The van der Waals surface area contributed by atoms with Crippen LogP contribution in [0, 0.1) is 0 Å². The van der Waals surface area contributed by atoms with Crippen molar-refractivity contribution in [2.45, 2.75) is 38.5 Å². The predicted octanol–water partition coefficient (Wildman–Crippen LogP) is 1.38. The number of hydrogen-bond donors (Lipinski definition) is 2. The molecular formula is C14H20N4O. The number of aromatic nitrogens is 3. The van der Waals surface area contributed by atoms with Crippen LogP contribution in [-0.4, -0.2) is 20.1 Å². The molecule has 5 heteroatoms. The Labute approximate surface area is 113 Å². The zero-order chi connectivity index (χ0) is 14.1. The Morgan fingerprint density at radius 2 is 1.84 bits per heavy atom. The Hall–Kier alpha value is -1.72. The van der Waals surface area contributed by atoms with Crippen molar-refractivity contribution in [3.05, 3.63) is 47.8 Å². The molecule has 0 saturated heterocycles. The van der Waals surface area contributed by atoms with Crippen LogP contribution in [0.2, 0.25) is 0 Å². The maximum Gasteiger partial charge on any atom is 0.106 e. The second-order valence-corrected chi connectivity index (χ2v) is 5.66. The largest absolute Gasteiger partial charge is 0.384 e. The molecule has 1 unspecified atom stereocenters. The van der Waals surface area contributed by atoms with Gasteiger partial charge in [-0.05, 0) is 26.3 Å². The Bertz CT molecular complexity index is 540. The summed E-state index contributed by atoms with van der Waals surface area (Å²) in [6.07, 6.45) is 1.78. The number of benzene rings is 1. The number of hydrogen-bond acceptors (Lipinski definition) is 4. The highest BCUT2D eigenvalue weighted by molar-refractivity contribution is 5.21. The van der Waals surface area contributed by atoms with Gasteiger partial charge in [0.25, 0.3) is 0 Å². The van der Waals surface area contributed by atoms with E-state index in [-0.39, 0.29) is 0 Å². The van der Waals surface area contributed by atoms with Crippen molar-refractivity contribution in [2.75, 3.05) is 0 Å². The van der Waals surface area contributed by atoms with Crippen molar-refractivity contribution in [1.82, 2.24) is 15.0 Å². The predicted molar refractivity (Wildman–Crippen MR) is 73.2 cm³/mol. The second kappa shape index (κ2) is 4.75. The summed E-state index contributed by atoms with van der Waals surface area (Å²) in [7, 11) is 0. The SMILES string of the molecule is CC(C)(N)c1cn(CC(C)(O)c2ccccc2)nn1. The van der Waals surface area contributed by atoms with Gasteiger partial charge in [-0.3, -0.25) is 0 Å². The fourth-order valence-electron chi connectivity index (χ4n) is 1.87. The summed E-state index contributed by atoms with van der Waals surface area (Å²) in [5, 5.41) is 18.6. The smallest absolute Gasteiger partial charge is 0.106 e. The highest BCUT2D eigenvalue weighted by atomic mass is 16.3. The molecular weight excluding hydrogens is 240 g/mol. The lowest BCUT2D eigenvalue weighted by molar-refractivity contribution is 0.0341. The minimum atomic E-state index is -0.995. The molecule has 3 N–H and O–H groups in total. The van der Waals surface area contributed by atoms with Crippen LogP contribution >= 0.6 is 0 Å². The van der Waals surface area contributed by atoms with E-state index in [1.54, 1.807) is 17.8 Å². The van der Waals surface area contributed by atoms with Gasteiger partial charge in [-0.1, -0.05) is 35.5 Å². The molecule has 102 valence electrons. The van der Waals surface area contributed by atoms with Crippen molar-refractivity contribution in [3.63, 3.8) is 0 Å². The summed E-state index contributed by atoms with van der Waals surface area (Å²) < 4.78 is 1.62. The lowest BCUT2D eigenvalue weighted by Gasteiger charge is -2.23. The van der Waals surface area contributed by atoms with Gasteiger partial charge in [-0.2, -0.15) is 0 Å². The van der Waals surface area contributed by atoms with Gasteiger partial charge < -0.3 is 10.8 Å². The Morgan fingerprint density at radius 3 is 2.37 bits per heavy atom. The van der Waals surface area contributed by atoms with E-state index in [0.717, 1.165) is 5.56 Å². The zero-order valence-corrected chi connectivity index (χ0v) is 11.5. The average molecular weight is 260 g/mol. The normalized spacial score (nSPS) is 15.2. The van der Waals surface area contributed by atoms with E-state index in [4.69, 9.17) is 5.73 Å². The molecule has 0 spiro atoms. The van der Waals surface area contributed by atoms with Crippen LogP contribution in [0.4, 0.5) is 0 Å². The molecule has 0 radical (unpaired) electrons. The Morgan fingerprint density at radius 1 is 1.21 bits per heavy atom. The molecule has 19 heavy (non-hydrogen) atoms. The van der Waals surface area contributed by atoms with Gasteiger partial charge in [0.05, 0.1) is 18.3 Å². The molecule has 0 fully saturated rings. The first-order chi connectivity index (χ1) is 8.79. The molecule has 1 aromatic heterocycles. The third kappa shape index (κ3) is 3.19. The molecule has 1 aromatic carbocycles. The molecule has 1 atom stereocenters. The van der Waals surface area contributed by atoms with Gasteiger partial charge in [0.1, 0.15) is 11.3 Å². The maximum atomic E-state index is 10.5. The lowest BCUT2D eigenvalue weighted by Crippen LogP contribution is -2.29. The van der Waals surface area contributed by atoms with E-state index in [1.807, 2.05) is 44.2 Å². The van der Waals surface area contributed by atoms with Gasteiger partial charge in [-0.15, -0.1) is 5.10 Å². The minimum absolute atomic E-state index is 0.333. The minimum Gasteiger partial charge on any atom is -0.384 e. The Balaban J connectivity index is 2.19. The summed E-state index contributed by atoms with van der Waals surface area (Å²) >= 11 is 0. The summed E-state index contributed by atoms with van der Waals surface area (Å²) in [6.45, 7) is 5.84. The van der Waals surface area contributed by atoms with E-state index in [2.05, 4.69) is 10.3 Å². The topological polar surface area (TPSA) is 77.0 Å². The van der Waals surface area contributed by atoms with Crippen molar-refractivity contribution >= 4 is 0 Å². The monoisotopic (exact) mass is 260 g/mol. The average Bonchev–Trinajstić information content (AvgIpc) is 2.78. The van der Waals surface area contributed by atoms with Crippen LogP contribution < -0.4 is 5.73 Å². The molecule has 0 aliphatic carbocycles. The number of nitrogens with two attached hydrogens (primary N) is 1. The lowest BCUT2D eigenvalue weighted by atomic mass is 9.96. The molecule has 0 aliphatic heterocycles. The van der Waals surface area contributed by atoms with Crippen molar-refractivity contribution in [1.29, 1.82) is 0 Å². The second-order valence-electron chi connectivity index (χ2n) is 5.66. The summed E-state index contributed by atoms with van der Waals surface area (Å²) in [4.78, 5) is 0. The van der Waals surface area contributed by atoms with Crippen LogP contribution in [0.25, 0.3) is 0 Å². The fourth-order valence-corrected chi connectivity index (χ4v) is 1.87. The van der Waals surface area contributed by atoms with Gasteiger partial charge in [0, 0.05) is 0 Å². The molecule has 1 heterocycles. The third-order valence-electron chi connectivity index (χ3n) is 3.06. The number of rotatable bonds is 4. The summed E-state index contributed by atoms with van der Waals surface area (Å²) in [5.74, 6) is 0. The van der Waals surface area contributed by atoms with E-state index >= 15 is 0 Å². The molecule has 0 saturated carbocycles. The first-order valence-corrected chi connectivity index (χ1v) is 6.26. The van der Waals surface area contributed by atoms with E-state index < -0.39 is 11.1 Å². The van der Waals surface area contributed by atoms with E-state index in [0.29, 0.717) is 12.2 Å². The van der Waals surface area contributed by atoms with E-state index in [1.165, 1.54) is 0 Å². The van der Waals surface area contributed by atoms with Crippen molar-refractivity contribution in [2.24, 2.45) is 5.73 Å². The highest BCUT2D eigenvalue weighted by Gasteiger charge is 2.25. The molecule has 5 nitrogen and oxygen atoms in total. The third-order valence-corrected chi connectivity index (χ3v) is 3.06. The number of nitrogens with zero attached hydrogens (tertiary/aromatic N) is 3.